The van der Waals surface area contributed by atoms with Crippen LogP contribution in [-0.4, -0.2) is 10.9 Å². The molecule has 0 atom stereocenters. The number of nitrogen functional groups attached to an aromatic ring is 1. The topological polar surface area (TPSA) is 68.0 Å². The first kappa shape index (κ1) is 16.5. The maximum Gasteiger partial charge on any atom is 0.261 e. The van der Waals surface area contributed by atoms with Crippen LogP contribution in [0.2, 0.25) is 0 Å². The lowest BCUT2D eigenvalue weighted by molar-refractivity contribution is 0.0955. The predicted octanol–water partition coefficient (Wildman–Crippen LogP) is 4.13. The second kappa shape index (κ2) is 7.38. The molecule has 1 amide bonds. The van der Waals surface area contributed by atoms with E-state index >= 15 is 0 Å². The molecule has 0 unspecified atom stereocenters. The van der Waals surface area contributed by atoms with Crippen molar-refractivity contribution in [1.29, 1.82) is 0 Å². The van der Waals surface area contributed by atoms with Crippen LogP contribution in [0.25, 0.3) is 0 Å². The van der Waals surface area contributed by atoms with Crippen molar-refractivity contribution in [2.45, 2.75) is 26.3 Å². The van der Waals surface area contributed by atoms with Crippen molar-refractivity contribution in [1.82, 2.24) is 10.3 Å². The largest absolute Gasteiger partial charge is 0.383 e. The third kappa shape index (κ3) is 4.28. The zero-order valence-electron chi connectivity index (χ0n) is 11.5. The number of carbonyl (C=O) groups excluding carboxylic acids is 1. The van der Waals surface area contributed by atoms with E-state index in [1.807, 2.05) is 12.1 Å². The van der Waals surface area contributed by atoms with Gasteiger partial charge in [0.15, 0.2) is 0 Å². The molecule has 0 saturated heterocycles. The third-order valence-electron chi connectivity index (χ3n) is 2.87. The van der Waals surface area contributed by atoms with Crippen LogP contribution < -0.4 is 11.1 Å². The van der Waals surface area contributed by atoms with Crippen molar-refractivity contribution in [2.75, 3.05) is 5.73 Å². The van der Waals surface area contributed by atoms with Gasteiger partial charge in [-0.3, -0.25) is 4.79 Å². The molecule has 0 spiro atoms. The lowest BCUT2D eigenvalue weighted by Gasteiger charge is -2.06. The normalized spacial score (nSPS) is 10.6. The van der Waals surface area contributed by atoms with Gasteiger partial charge in [-0.15, -0.1) is 11.3 Å². The van der Waals surface area contributed by atoms with E-state index in [9.17, 15) is 4.79 Å². The summed E-state index contributed by atoms with van der Waals surface area (Å²) in [6.07, 6.45) is 3.66. The number of anilines is 1. The molecule has 0 fully saturated rings. The molecular weight excluding hydrogens is 418 g/mol. The van der Waals surface area contributed by atoms with E-state index in [-0.39, 0.29) is 5.91 Å². The van der Waals surface area contributed by atoms with Crippen LogP contribution in [0.3, 0.4) is 0 Å². The molecule has 2 aromatic rings. The lowest BCUT2D eigenvalue weighted by atomic mass is 10.2. The van der Waals surface area contributed by atoms with Crippen LogP contribution in [0.15, 0.2) is 27.3 Å². The minimum atomic E-state index is -0.0950. The van der Waals surface area contributed by atoms with E-state index in [0.29, 0.717) is 17.2 Å². The Morgan fingerprint density at radius 1 is 1.43 bits per heavy atom. The molecule has 2 heterocycles. The summed E-state index contributed by atoms with van der Waals surface area (Å²) < 4.78 is 1.84. The number of hydrogen-bond donors (Lipinski definition) is 2. The van der Waals surface area contributed by atoms with Gasteiger partial charge < -0.3 is 11.1 Å². The van der Waals surface area contributed by atoms with Gasteiger partial charge in [0.25, 0.3) is 5.91 Å². The molecule has 0 saturated carbocycles. The SMILES string of the molecule is CCCc1sc(C(=O)NCc2cc(Br)cnc2N)cc1Br. The van der Waals surface area contributed by atoms with Gasteiger partial charge in [0.1, 0.15) is 5.82 Å². The Morgan fingerprint density at radius 3 is 2.90 bits per heavy atom. The number of hydrogen-bond acceptors (Lipinski definition) is 4. The van der Waals surface area contributed by atoms with Gasteiger partial charge in [0.2, 0.25) is 0 Å². The molecule has 2 rings (SSSR count). The minimum absolute atomic E-state index is 0.0950. The number of carbonyl (C=O) groups is 1. The fourth-order valence-corrected chi connectivity index (χ4v) is 4.08. The van der Waals surface area contributed by atoms with Gasteiger partial charge in [-0.2, -0.15) is 0 Å². The van der Waals surface area contributed by atoms with Crippen molar-refractivity contribution < 1.29 is 4.79 Å². The van der Waals surface area contributed by atoms with Crippen molar-refractivity contribution in [2.24, 2.45) is 0 Å². The van der Waals surface area contributed by atoms with E-state index in [1.165, 1.54) is 16.2 Å². The Labute approximate surface area is 144 Å². The summed E-state index contributed by atoms with van der Waals surface area (Å²) in [7, 11) is 0. The summed E-state index contributed by atoms with van der Waals surface area (Å²) >= 11 is 8.36. The summed E-state index contributed by atoms with van der Waals surface area (Å²) in [5, 5.41) is 2.88. The van der Waals surface area contributed by atoms with Crippen LogP contribution in [-0.2, 0) is 13.0 Å². The molecule has 0 radical (unpaired) electrons. The summed E-state index contributed by atoms with van der Waals surface area (Å²) in [6, 6.07) is 3.73. The second-order valence-corrected chi connectivity index (χ2v) is 7.42. The Kier molecular flexibility index (Phi) is 5.78. The van der Waals surface area contributed by atoms with Gasteiger partial charge in [-0.1, -0.05) is 13.3 Å². The highest BCUT2D eigenvalue weighted by atomic mass is 79.9. The van der Waals surface area contributed by atoms with E-state index < -0.39 is 0 Å². The predicted molar refractivity (Wildman–Crippen MR) is 93.5 cm³/mol. The average molecular weight is 433 g/mol. The summed E-state index contributed by atoms with van der Waals surface area (Å²) in [6.45, 7) is 2.48. The van der Waals surface area contributed by atoms with E-state index in [4.69, 9.17) is 5.73 Å². The molecule has 0 aliphatic rings. The molecule has 0 aromatic carbocycles. The second-order valence-electron chi connectivity index (χ2n) is 4.51. The van der Waals surface area contributed by atoms with Crippen LogP contribution in [0.5, 0.6) is 0 Å². The maximum atomic E-state index is 12.2. The van der Waals surface area contributed by atoms with Crippen molar-refractivity contribution in [3.8, 4) is 0 Å². The van der Waals surface area contributed by atoms with Gasteiger partial charge in [-0.05, 0) is 50.4 Å². The number of aromatic nitrogens is 1. The number of aryl methyl sites for hydroxylation is 1. The first-order chi connectivity index (χ1) is 10.0. The summed E-state index contributed by atoms with van der Waals surface area (Å²) in [5.74, 6) is 0.333. The fourth-order valence-electron chi connectivity index (χ4n) is 1.81. The number of halogens is 2. The van der Waals surface area contributed by atoms with Crippen molar-refractivity contribution in [3.05, 3.63) is 42.6 Å². The standard InChI is InChI=1S/C14H15Br2N3OS/c1-2-3-11-10(16)5-12(21-11)14(20)19-6-8-4-9(15)7-18-13(8)17/h4-5,7H,2-3,6H2,1H3,(H2,17,18)(H,19,20). The molecule has 2 aromatic heterocycles. The Bertz CT molecular complexity index is 658. The minimum Gasteiger partial charge on any atom is -0.383 e. The molecule has 4 nitrogen and oxygen atoms in total. The van der Waals surface area contributed by atoms with E-state index in [2.05, 4.69) is 49.1 Å². The number of rotatable bonds is 5. The van der Waals surface area contributed by atoms with Crippen LogP contribution in [0, 0.1) is 0 Å². The monoisotopic (exact) mass is 431 g/mol. The molecule has 112 valence electrons. The summed E-state index contributed by atoms with van der Waals surface area (Å²) in [5.41, 5.74) is 6.59. The number of amides is 1. The Hall–Kier alpha value is -0.920. The van der Waals surface area contributed by atoms with Gasteiger partial charge in [-0.25, -0.2) is 4.98 Å². The number of pyridine rings is 1. The zero-order chi connectivity index (χ0) is 15.4. The molecule has 3 N–H and O–H groups in total. The molecule has 0 aliphatic heterocycles. The highest BCUT2D eigenvalue weighted by Crippen LogP contribution is 2.28. The number of thiophene rings is 1. The fraction of sp³-hybridized carbons (Fsp3) is 0.286. The third-order valence-corrected chi connectivity index (χ3v) is 5.46. The van der Waals surface area contributed by atoms with Gasteiger partial charge in [0, 0.05) is 32.1 Å². The maximum absolute atomic E-state index is 12.2. The van der Waals surface area contributed by atoms with Crippen LogP contribution >= 0.6 is 43.2 Å². The summed E-state index contributed by atoms with van der Waals surface area (Å²) in [4.78, 5) is 18.1. The molecule has 7 heteroatoms. The average Bonchev–Trinajstić information content (AvgIpc) is 2.81. The van der Waals surface area contributed by atoms with Crippen molar-refractivity contribution in [3.63, 3.8) is 0 Å². The number of nitrogens with zero attached hydrogens (tertiary/aromatic N) is 1. The molecule has 0 bridgehead atoms. The first-order valence-electron chi connectivity index (χ1n) is 6.47. The highest BCUT2D eigenvalue weighted by Gasteiger charge is 2.13. The van der Waals surface area contributed by atoms with E-state index in [1.54, 1.807) is 6.20 Å². The zero-order valence-corrected chi connectivity index (χ0v) is 15.4. The lowest BCUT2D eigenvalue weighted by Crippen LogP contribution is -2.22. The van der Waals surface area contributed by atoms with Gasteiger partial charge in [0.05, 0.1) is 4.88 Å². The smallest absolute Gasteiger partial charge is 0.261 e. The van der Waals surface area contributed by atoms with Gasteiger partial charge >= 0.3 is 0 Å². The molecule has 21 heavy (non-hydrogen) atoms. The van der Waals surface area contributed by atoms with Crippen LogP contribution in [0.1, 0.15) is 33.5 Å². The van der Waals surface area contributed by atoms with Crippen molar-refractivity contribution >= 4 is 54.9 Å². The quantitative estimate of drug-likeness (QED) is 0.746. The molecule has 0 aliphatic carbocycles. The highest BCUT2D eigenvalue weighted by molar-refractivity contribution is 9.10. The van der Waals surface area contributed by atoms with Crippen LogP contribution in [0.4, 0.5) is 5.82 Å². The number of nitrogens with one attached hydrogen (secondary N) is 1. The Balaban J connectivity index is 2.04. The van der Waals surface area contributed by atoms with E-state index in [0.717, 1.165) is 27.4 Å². The number of nitrogens with two attached hydrogens (primary N) is 1. The molecular formula is C14H15Br2N3OS. The first-order valence-corrected chi connectivity index (χ1v) is 8.87. The Morgan fingerprint density at radius 2 is 2.19 bits per heavy atom.